The average molecular weight is 369 g/mol. The van der Waals surface area contributed by atoms with Crippen molar-refractivity contribution in [1.82, 2.24) is 14.7 Å². The molecule has 7 heteroatoms. The fourth-order valence-corrected chi connectivity index (χ4v) is 3.55. The quantitative estimate of drug-likeness (QED) is 0.885. The molecule has 27 heavy (non-hydrogen) atoms. The van der Waals surface area contributed by atoms with Crippen LogP contribution in [0.2, 0.25) is 0 Å². The van der Waals surface area contributed by atoms with Gasteiger partial charge in [0.15, 0.2) is 0 Å². The Balaban J connectivity index is 1.43. The lowest BCUT2D eigenvalue weighted by Crippen LogP contribution is -2.52. The average Bonchev–Trinajstić information content (AvgIpc) is 2.99. The molecule has 0 bridgehead atoms. The van der Waals surface area contributed by atoms with Gasteiger partial charge in [-0.2, -0.15) is 5.26 Å². The first-order valence-electron chi connectivity index (χ1n) is 9.72. The van der Waals surface area contributed by atoms with Gasteiger partial charge < -0.3 is 15.1 Å². The number of anilines is 1. The maximum absolute atomic E-state index is 12.5. The maximum Gasteiger partial charge on any atom is 0.321 e. The normalized spacial score (nSPS) is 18.5. The summed E-state index contributed by atoms with van der Waals surface area (Å²) < 4.78 is 0. The third-order valence-corrected chi connectivity index (χ3v) is 5.24. The van der Waals surface area contributed by atoms with Crippen molar-refractivity contribution in [3.8, 4) is 6.07 Å². The molecule has 1 aromatic carbocycles. The highest BCUT2D eigenvalue weighted by molar-refractivity contribution is 5.89. The largest absolute Gasteiger partial charge is 0.342 e. The van der Waals surface area contributed by atoms with Crippen LogP contribution >= 0.6 is 0 Å². The van der Waals surface area contributed by atoms with Crippen LogP contribution in [0.15, 0.2) is 24.3 Å². The highest BCUT2D eigenvalue weighted by Crippen LogP contribution is 2.13. The van der Waals surface area contributed by atoms with E-state index < -0.39 is 0 Å². The molecule has 2 aliphatic heterocycles. The maximum atomic E-state index is 12.5. The van der Waals surface area contributed by atoms with Gasteiger partial charge in [-0.3, -0.25) is 9.69 Å². The Labute approximate surface area is 160 Å². The first kappa shape index (κ1) is 19.2. The molecule has 0 atom stereocenters. The second-order valence-electron chi connectivity index (χ2n) is 7.18. The van der Waals surface area contributed by atoms with E-state index in [1.165, 1.54) is 12.8 Å². The van der Waals surface area contributed by atoms with Crippen LogP contribution in [-0.2, 0) is 4.79 Å². The molecule has 2 saturated heterocycles. The Morgan fingerprint density at radius 2 is 1.52 bits per heavy atom. The summed E-state index contributed by atoms with van der Waals surface area (Å²) >= 11 is 0. The molecule has 0 saturated carbocycles. The van der Waals surface area contributed by atoms with Gasteiger partial charge >= 0.3 is 6.03 Å². The minimum atomic E-state index is -0.141. The van der Waals surface area contributed by atoms with Crippen LogP contribution < -0.4 is 5.32 Å². The Hall–Kier alpha value is -2.59. The summed E-state index contributed by atoms with van der Waals surface area (Å²) in [4.78, 5) is 30.8. The molecule has 0 aromatic heterocycles. The molecule has 0 aliphatic carbocycles. The van der Waals surface area contributed by atoms with E-state index in [1.54, 1.807) is 29.2 Å². The van der Waals surface area contributed by atoms with Crippen LogP contribution in [0, 0.1) is 11.3 Å². The van der Waals surface area contributed by atoms with Gasteiger partial charge in [-0.25, -0.2) is 4.79 Å². The van der Waals surface area contributed by atoms with Crippen LogP contribution in [0.4, 0.5) is 10.5 Å². The van der Waals surface area contributed by atoms with Gasteiger partial charge in [-0.15, -0.1) is 0 Å². The summed E-state index contributed by atoms with van der Waals surface area (Å²) in [5.41, 5.74) is 1.24. The van der Waals surface area contributed by atoms with Gasteiger partial charge in [0.2, 0.25) is 5.91 Å². The van der Waals surface area contributed by atoms with E-state index in [9.17, 15) is 9.59 Å². The van der Waals surface area contributed by atoms with Crippen molar-refractivity contribution >= 4 is 17.6 Å². The molecule has 144 valence electrons. The topological polar surface area (TPSA) is 79.7 Å². The number of rotatable bonds is 3. The predicted octanol–water partition coefficient (Wildman–Crippen LogP) is 2.11. The van der Waals surface area contributed by atoms with E-state index in [0.29, 0.717) is 44.0 Å². The zero-order valence-electron chi connectivity index (χ0n) is 15.7. The summed E-state index contributed by atoms with van der Waals surface area (Å²) in [5, 5.41) is 11.7. The Bertz CT molecular complexity index is 681. The van der Waals surface area contributed by atoms with Crippen molar-refractivity contribution in [2.45, 2.75) is 25.7 Å². The van der Waals surface area contributed by atoms with Crippen LogP contribution in [0.3, 0.4) is 0 Å². The Morgan fingerprint density at radius 3 is 2.11 bits per heavy atom. The second kappa shape index (κ2) is 9.38. The molecule has 3 amide bonds. The first-order valence-corrected chi connectivity index (χ1v) is 9.72. The lowest BCUT2D eigenvalue weighted by Gasteiger charge is -2.35. The lowest BCUT2D eigenvalue weighted by molar-refractivity contribution is -0.132. The number of nitrogens with one attached hydrogen (secondary N) is 1. The summed E-state index contributed by atoms with van der Waals surface area (Å²) in [6, 6.07) is 8.74. The zero-order chi connectivity index (χ0) is 19.1. The van der Waals surface area contributed by atoms with Crippen LogP contribution in [0.1, 0.15) is 31.2 Å². The highest BCUT2D eigenvalue weighted by Gasteiger charge is 2.24. The van der Waals surface area contributed by atoms with E-state index in [1.807, 2.05) is 4.90 Å². The number of amides is 3. The molecular weight excluding hydrogens is 342 g/mol. The van der Waals surface area contributed by atoms with Gasteiger partial charge in [0, 0.05) is 45.0 Å². The summed E-state index contributed by atoms with van der Waals surface area (Å²) in [5.74, 6) is 0.215. The smallest absolute Gasteiger partial charge is 0.321 e. The van der Waals surface area contributed by atoms with Gasteiger partial charge in [0.05, 0.1) is 18.2 Å². The molecule has 0 unspecified atom stereocenters. The minimum Gasteiger partial charge on any atom is -0.342 e. The molecule has 3 rings (SSSR count). The molecule has 0 radical (unpaired) electrons. The predicted molar refractivity (Wildman–Crippen MR) is 103 cm³/mol. The van der Waals surface area contributed by atoms with Crippen molar-refractivity contribution in [2.24, 2.45) is 0 Å². The van der Waals surface area contributed by atoms with Gasteiger partial charge in [-0.1, -0.05) is 12.8 Å². The number of benzene rings is 1. The molecule has 7 nitrogen and oxygen atoms in total. The van der Waals surface area contributed by atoms with E-state index in [2.05, 4.69) is 16.3 Å². The molecule has 2 heterocycles. The number of carbonyl (C=O) groups excluding carboxylic acids is 2. The monoisotopic (exact) mass is 369 g/mol. The SMILES string of the molecule is N#Cc1ccc(NC(=O)N2CCN(CC(=O)N3CCCCCC3)CC2)cc1. The molecule has 2 aliphatic rings. The van der Waals surface area contributed by atoms with Crippen molar-refractivity contribution in [1.29, 1.82) is 5.26 Å². The number of nitrogens with zero attached hydrogens (tertiary/aromatic N) is 4. The molecule has 0 spiro atoms. The molecular formula is C20H27N5O2. The third-order valence-electron chi connectivity index (χ3n) is 5.24. The number of nitriles is 1. The number of likely N-dealkylation sites (tertiary alicyclic amines) is 1. The summed E-state index contributed by atoms with van der Waals surface area (Å²) in [7, 11) is 0. The number of piperazine rings is 1. The van der Waals surface area contributed by atoms with Crippen LogP contribution in [0.5, 0.6) is 0 Å². The number of hydrogen-bond acceptors (Lipinski definition) is 4. The van der Waals surface area contributed by atoms with Gasteiger partial charge in [-0.05, 0) is 37.1 Å². The Kier molecular flexibility index (Phi) is 6.66. The fraction of sp³-hybridized carbons (Fsp3) is 0.550. The number of hydrogen-bond donors (Lipinski definition) is 1. The number of urea groups is 1. The van der Waals surface area contributed by atoms with Crippen LogP contribution in [0.25, 0.3) is 0 Å². The van der Waals surface area contributed by atoms with E-state index in [0.717, 1.165) is 25.9 Å². The van der Waals surface area contributed by atoms with Crippen molar-refractivity contribution in [3.05, 3.63) is 29.8 Å². The molecule has 1 aromatic rings. The summed E-state index contributed by atoms with van der Waals surface area (Å²) in [6.45, 7) is 4.84. The van der Waals surface area contributed by atoms with Crippen molar-refractivity contribution in [2.75, 3.05) is 51.1 Å². The summed E-state index contributed by atoms with van der Waals surface area (Å²) in [6.07, 6.45) is 4.65. The Morgan fingerprint density at radius 1 is 0.889 bits per heavy atom. The first-order chi connectivity index (χ1) is 13.2. The van der Waals surface area contributed by atoms with Crippen molar-refractivity contribution < 1.29 is 9.59 Å². The standard InChI is InChI=1S/C20H27N5O2/c21-15-17-5-7-18(8-6-17)22-20(27)25-13-11-23(12-14-25)16-19(26)24-9-3-1-2-4-10-24/h5-8H,1-4,9-14,16H2,(H,22,27). The van der Waals surface area contributed by atoms with E-state index in [4.69, 9.17) is 5.26 Å². The van der Waals surface area contributed by atoms with Gasteiger partial charge in [0.25, 0.3) is 0 Å². The number of carbonyl (C=O) groups is 2. The third kappa shape index (κ3) is 5.44. The zero-order valence-corrected chi connectivity index (χ0v) is 15.7. The van der Waals surface area contributed by atoms with E-state index >= 15 is 0 Å². The van der Waals surface area contributed by atoms with Gasteiger partial charge in [0.1, 0.15) is 0 Å². The molecule has 2 fully saturated rings. The molecule has 1 N–H and O–H groups in total. The fourth-order valence-electron chi connectivity index (χ4n) is 3.55. The minimum absolute atomic E-state index is 0.141. The van der Waals surface area contributed by atoms with Crippen LogP contribution in [-0.4, -0.2) is 72.5 Å². The highest BCUT2D eigenvalue weighted by atomic mass is 16.2. The second-order valence-corrected chi connectivity index (χ2v) is 7.18. The lowest BCUT2D eigenvalue weighted by atomic mass is 10.2. The van der Waals surface area contributed by atoms with E-state index in [-0.39, 0.29) is 11.9 Å². The van der Waals surface area contributed by atoms with Crippen molar-refractivity contribution in [3.63, 3.8) is 0 Å².